The van der Waals surface area contributed by atoms with E-state index in [0.717, 1.165) is 0 Å². The van der Waals surface area contributed by atoms with E-state index < -0.39 is 0 Å². The average Bonchev–Trinajstić information content (AvgIpc) is 1.87. The molecule has 0 heterocycles. The molecule has 62 valence electrons. The zero-order valence-corrected chi connectivity index (χ0v) is 6.42. The Kier molecular flexibility index (Phi) is 6.91. The lowest BCUT2D eigenvalue weighted by molar-refractivity contribution is 0.0412. The van der Waals surface area contributed by atoms with Crippen molar-refractivity contribution in [3.63, 3.8) is 0 Å². The predicted molar refractivity (Wildman–Crippen MR) is 38.8 cm³/mol. The van der Waals surface area contributed by atoms with Crippen molar-refractivity contribution in [1.29, 1.82) is 0 Å². The standard InChI is InChI=1S/C5H10O.C2H6O2/c1-6-5-3-2-4-5;3-1-2-4/h5H,2-4H2,1H3;3-4H,1-2H2. The SMILES string of the molecule is COC1CCC1.OCCO. The highest BCUT2D eigenvalue weighted by molar-refractivity contribution is 4.67. The van der Waals surface area contributed by atoms with Gasteiger partial charge in [0.2, 0.25) is 0 Å². The third-order valence-corrected chi connectivity index (χ3v) is 1.49. The highest BCUT2D eigenvalue weighted by Crippen LogP contribution is 2.20. The van der Waals surface area contributed by atoms with Crippen LogP contribution in [0.4, 0.5) is 0 Å². The minimum Gasteiger partial charge on any atom is -0.394 e. The average molecular weight is 148 g/mol. The number of aliphatic hydroxyl groups excluding tert-OH is 2. The van der Waals surface area contributed by atoms with Gasteiger partial charge in [-0.05, 0) is 19.3 Å². The maximum absolute atomic E-state index is 7.62. The first-order valence-corrected chi connectivity index (χ1v) is 3.59. The van der Waals surface area contributed by atoms with Crippen LogP contribution in [0.1, 0.15) is 19.3 Å². The van der Waals surface area contributed by atoms with Crippen LogP contribution in [0.15, 0.2) is 0 Å². The normalized spacial score (nSPS) is 17.1. The van der Waals surface area contributed by atoms with Crippen molar-refractivity contribution < 1.29 is 14.9 Å². The van der Waals surface area contributed by atoms with Crippen LogP contribution in [0.2, 0.25) is 0 Å². The van der Waals surface area contributed by atoms with E-state index in [4.69, 9.17) is 14.9 Å². The summed E-state index contributed by atoms with van der Waals surface area (Å²) in [4.78, 5) is 0. The van der Waals surface area contributed by atoms with Gasteiger partial charge in [0.05, 0.1) is 19.3 Å². The molecule has 10 heavy (non-hydrogen) atoms. The molecule has 0 unspecified atom stereocenters. The Morgan fingerprint density at radius 1 is 1.30 bits per heavy atom. The van der Waals surface area contributed by atoms with E-state index in [0.29, 0.717) is 6.10 Å². The van der Waals surface area contributed by atoms with Crippen molar-refractivity contribution in [1.82, 2.24) is 0 Å². The van der Waals surface area contributed by atoms with E-state index in [1.54, 1.807) is 7.11 Å². The van der Waals surface area contributed by atoms with Crippen LogP contribution in [0, 0.1) is 0 Å². The Bertz CT molecular complexity index is 57.1. The molecule has 3 heteroatoms. The van der Waals surface area contributed by atoms with Crippen LogP contribution in [0.25, 0.3) is 0 Å². The van der Waals surface area contributed by atoms with Crippen molar-refractivity contribution in [3.8, 4) is 0 Å². The second-order valence-electron chi connectivity index (χ2n) is 2.24. The first-order valence-electron chi connectivity index (χ1n) is 3.59. The Labute approximate surface area is 61.6 Å². The topological polar surface area (TPSA) is 49.7 Å². The molecule has 0 aromatic heterocycles. The Morgan fingerprint density at radius 2 is 1.80 bits per heavy atom. The largest absolute Gasteiger partial charge is 0.394 e. The van der Waals surface area contributed by atoms with E-state index in [-0.39, 0.29) is 13.2 Å². The molecule has 0 aromatic carbocycles. The van der Waals surface area contributed by atoms with E-state index in [2.05, 4.69) is 0 Å². The van der Waals surface area contributed by atoms with Gasteiger partial charge in [-0.3, -0.25) is 0 Å². The van der Waals surface area contributed by atoms with Crippen molar-refractivity contribution in [2.75, 3.05) is 20.3 Å². The molecule has 0 aliphatic heterocycles. The van der Waals surface area contributed by atoms with Gasteiger partial charge in [-0.25, -0.2) is 0 Å². The number of hydrogen-bond acceptors (Lipinski definition) is 3. The molecule has 0 aromatic rings. The zero-order chi connectivity index (χ0) is 7.82. The molecule has 1 aliphatic carbocycles. The van der Waals surface area contributed by atoms with Crippen molar-refractivity contribution in [2.45, 2.75) is 25.4 Å². The minimum absolute atomic E-state index is 0.125. The fourth-order valence-corrected chi connectivity index (χ4v) is 0.606. The number of rotatable bonds is 2. The maximum Gasteiger partial charge on any atom is 0.0662 e. The van der Waals surface area contributed by atoms with Gasteiger partial charge in [-0.15, -0.1) is 0 Å². The van der Waals surface area contributed by atoms with E-state index in [9.17, 15) is 0 Å². The van der Waals surface area contributed by atoms with Crippen LogP contribution in [-0.2, 0) is 4.74 Å². The number of ether oxygens (including phenoxy) is 1. The lowest BCUT2D eigenvalue weighted by atomic mass is 9.96. The molecule has 1 saturated carbocycles. The molecular formula is C7H16O3. The first kappa shape index (κ1) is 9.88. The monoisotopic (exact) mass is 148 g/mol. The van der Waals surface area contributed by atoms with Crippen LogP contribution >= 0.6 is 0 Å². The van der Waals surface area contributed by atoms with Crippen molar-refractivity contribution >= 4 is 0 Å². The summed E-state index contributed by atoms with van der Waals surface area (Å²) in [6.45, 7) is -0.250. The first-order chi connectivity index (χ1) is 4.85. The molecule has 1 aliphatic rings. The predicted octanol–water partition coefficient (Wildman–Crippen LogP) is 0.156. The molecule has 0 bridgehead atoms. The van der Waals surface area contributed by atoms with Gasteiger partial charge < -0.3 is 14.9 Å². The molecular weight excluding hydrogens is 132 g/mol. The summed E-state index contributed by atoms with van der Waals surface area (Å²) < 4.78 is 4.99. The van der Waals surface area contributed by atoms with Gasteiger partial charge in [0, 0.05) is 7.11 Å². The van der Waals surface area contributed by atoms with Gasteiger partial charge >= 0.3 is 0 Å². The van der Waals surface area contributed by atoms with Crippen LogP contribution in [0.3, 0.4) is 0 Å². The molecule has 1 rings (SSSR count). The summed E-state index contributed by atoms with van der Waals surface area (Å²) in [5, 5.41) is 15.2. The molecule has 0 saturated heterocycles. The molecule has 0 spiro atoms. The van der Waals surface area contributed by atoms with Crippen molar-refractivity contribution in [2.24, 2.45) is 0 Å². The highest BCUT2D eigenvalue weighted by Gasteiger charge is 2.14. The molecule has 0 atom stereocenters. The summed E-state index contributed by atoms with van der Waals surface area (Å²) in [5.41, 5.74) is 0. The molecule has 3 nitrogen and oxygen atoms in total. The Balaban J connectivity index is 0.000000180. The fourth-order valence-electron chi connectivity index (χ4n) is 0.606. The molecule has 0 amide bonds. The van der Waals surface area contributed by atoms with Crippen LogP contribution in [-0.4, -0.2) is 36.6 Å². The smallest absolute Gasteiger partial charge is 0.0662 e. The lowest BCUT2D eigenvalue weighted by Crippen LogP contribution is -2.18. The maximum atomic E-state index is 7.62. The second-order valence-corrected chi connectivity index (χ2v) is 2.24. The van der Waals surface area contributed by atoms with Gasteiger partial charge in [-0.2, -0.15) is 0 Å². The summed E-state index contributed by atoms with van der Waals surface area (Å²) in [7, 11) is 1.78. The lowest BCUT2D eigenvalue weighted by Gasteiger charge is -2.22. The molecule has 0 radical (unpaired) electrons. The number of hydrogen-bond donors (Lipinski definition) is 2. The fraction of sp³-hybridized carbons (Fsp3) is 1.00. The van der Waals surface area contributed by atoms with E-state index in [1.807, 2.05) is 0 Å². The van der Waals surface area contributed by atoms with E-state index in [1.165, 1.54) is 19.3 Å². The summed E-state index contributed by atoms with van der Waals surface area (Å²) in [5.74, 6) is 0. The number of methoxy groups -OCH3 is 1. The van der Waals surface area contributed by atoms with Crippen molar-refractivity contribution in [3.05, 3.63) is 0 Å². The van der Waals surface area contributed by atoms with Gasteiger partial charge in [0.1, 0.15) is 0 Å². The van der Waals surface area contributed by atoms with Crippen LogP contribution < -0.4 is 0 Å². The third kappa shape index (κ3) is 4.73. The highest BCUT2D eigenvalue weighted by atomic mass is 16.5. The van der Waals surface area contributed by atoms with Gasteiger partial charge in [-0.1, -0.05) is 0 Å². The summed E-state index contributed by atoms with van der Waals surface area (Å²) in [6.07, 6.45) is 4.57. The summed E-state index contributed by atoms with van der Waals surface area (Å²) in [6, 6.07) is 0. The number of aliphatic hydroxyl groups is 2. The zero-order valence-electron chi connectivity index (χ0n) is 6.42. The second kappa shape index (κ2) is 6.99. The Morgan fingerprint density at radius 3 is 1.80 bits per heavy atom. The van der Waals surface area contributed by atoms with Crippen LogP contribution in [0.5, 0.6) is 0 Å². The minimum atomic E-state index is -0.125. The van der Waals surface area contributed by atoms with Gasteiger partial charge in [0.15, 0.2) is 0 Å². The van der Waals surface area contributed by atoms with E-state index >= 15 is 0 Å². The Hall–Kier alpha value is -0.120. The third-order valence-electron chi connectivity index (χ3n) is 1.49. The quantitative estimate of drug-likeness (QED) is 0.586. The molecule has 2 N–H and O–H groups in total. The molecule has 1 fully saturated rings. The van der Waals surface area contributed by atoms with Gasteiger partial charge in [0.25, 0.3) is 0 Å². The summed E-state index contributed by atoms with van der Waals surface area (Å²) >= 11 is 0.